The average molecular weight is 148 g/mol. The first-order valence-electron chi connectivity index (χ1n) is 3.54. The van der Waals surface area contributed by atoms with Gasteiger partial charge in [-0.15, -0.1) is 0 Å². The molecule has 0 aromatic carbocycles. The molecule has 0 saturated carbocycles. The van der Waals surface area contributed by atoms with Crippen LogP contribution in [-0.4, -0.2) is 30.0 Å². The molecule has 0 radical (unpaired) electrons. The summed E-state index contributed by atoms with van der Waals surface area (Å²) in [6, 6.07) is 0. The molecule has 2 heterocycles. The fourth-order valence-corrected chi connectivity index (χ4v) is 1.19. The lowest BCUT2D eigenvalue weighted by atomic mass is 10.2. The second-order valence-electron chi connectivity index (χ2n) is 2.57. The monoisotopic (exact) mass is 148 g/mol. The molecule has 11 heavy (non-hydrogen) atoms. The number of hydrogen-bond donors (Lipinski definition) is 0. The van der Waals surface area contributed by atoms with Gasteiger partial charge in [0.05, 0.1) is 18.8 Å². The van der Waals surface area contributed by atoms with Crippen molar-refractivity contribution in [3.63, 3.8) is 0 Å². The van der Waals surface area contributed by atoms with E-state index in [0.717, 1.165) is 12.2 Å². The smallest absolute Gasteiger partial charge is 0.174 e. The van der Waals surface area contributed by atoms with Gasteiger partial charge in [0, 0.05) is 12.4 Å². The molecule has 0 unspecified atom stereocenters. The van der Waals surface area contributed by atoms with Gasteiger partial charge < -0.3 is 4.90 Å². The molecule has 0 spiro atoms. The van der Waals surface area contributed by atoms with Crippen molar-refractivity contribution in [2.24, 2.45) is 4.99 Å². The van der Waals surface area contributed by atoms with Crippen LogP contribution >= 0.6 is 0 Å². The maximum Gasteiger partial charge on any atom is 0.174 e. The van der Waals surface area contributed by atoms with Crippen molar-refractivity contribution < 1.29 is 4.79 Å². The largest absolute Gasteiger partial charge is 0.357 e. The minimum Gasteiger partial charge on any atom is -0.357 e. The first-order chi connectivity index (χ1) is 5.36. The summed E-state index contributed by atoms with van der Waals surface area (Å²) in [5.41, 5.74) is 1.03. The molecule has 0 N–H and O–H groups in total. The summed E-state index contributed by atoms with van der Waals surface area (Å²) in [5.74, 6) is 0.164. The van der Waals surface area contributed by atoms with Gasteiger partial charge in [-0.1, -0.05) is 0 Å². The highest BCUT2D eigenvalue weighted by atomic mass is 16.1. The maximum absolute atomic E-state index is 10.9. The molecular weight excluding hydrogens is 140 g/mol. The number of ketones is 1. The van der Waals surface area contributed by atoms with Crippen LogP contribution in [0.25, 0.3) is 0 Å². The number of rotatable bonds is 0. The Balaban J connectivity index is 2.31. The van der Waals surface area contributed by atoms with E-state index in [0.29, 0.717) is 6.54 Å². The minimum atomic E-state index is 0.164. The lowest BCUT2D eigenvalue weighted by molar-refractivity contribution is -0.115. The first-order valence-corrected chi connectivity index (χ1v) is 3.54. The predicted molar refractivity (Wildman–Crippen MR) is 42.3 cm³/mol. The van der Waals surface area contributed by atoms with Crippen molar-refractivity contribution in [1.29, 1.82) is 0 Å². The van der Waals surface area contributed by atoms with Crippen molar-refractivity contribution in [3.05, 3.63) is 24.0 Å². The van der Waals surface area contributed by atoms with E-state index in [2.05, 4.69) is 4.99 Å². The van der Waals surface area contributed by atoms with E-state index in [9.17, 15) is 4.79 Å². The third-order valence-corrected chi connectivity index (χ3v) is 1.77. The Morgan fingerprint density at radius 2 is 2.36 bits per heavy atom. The Morgan fingerprint density at radius 1 is 1.45 bits per heavy atom. The van der Waals surface area contributed by atoms with Crippen molar-refractivity contribution in [2.75, 3.05) is 13.1 Å². The van der Waals surface area contributed by atoms with Crippen LogP contribution in [0, 0.1) is 0 Å². The van der Waals surface area contributed by atoms with Crippen LogP contribution in [0.4, 0.5) is 0 Å². The van der Waals surface area contributed by atoms with Crippen LogP contribution in [0.5, 0.6) is 0 Å². The number of nitrogens with zero attached hydrogens (tertiary/aromatic N) is 2. The van der Waals surface area contributed by atoms with E-state index < -0.39 is 0 Å². The third-order valence-electron chi connectivity index (χ3n) is 1.77. The fourth-order valence-electron chi connectivity index (χ4n) is 1.19. The van der Waals surface area contributed by atoms with Gasteiger partial charge in [-0.05, 0) is 12.2 Å². The van der Waals surface area contributed by atoms with Gasteiger partial charge in [0.25, 0.3) is 0 Å². The molecule has 0 aromatic rings. The molecule has 2 aliphatic heterocycles. The van der Waals surface area contributed by atoms with Gasteiger partial charge >= 0.3 is 0 Å². The van der Waals surface area contributed by atoms with E-state index in [1.807, 2.05) is 11.0 Å². The highest BCUT2D eigenvalue weighted by Crippen LogP contribution is 2.12. The van der Waals surface area contributed by atoms with E-state index in [-0.39, 0.29) is 5.78 Å². The van der Waals surface area contributed by atoms with Crippen LogP contribution in [0.2, 0.25) is 0 Å². The standard InChI is InChI=1S/C8H8N2O/c11-8-2-1-7-5-9-3-4-10(7)6-8/h1-3,5H,4,6H2. The molecule has 0 saturated heterocycles. The Morgan fingerprint density at radius 3 is 3.27 bits per heavy atom. The van der Waals surface area contributed by atoms with E-state index in [4.69, 9.17) is 0 Å². The van der Waals surface area contributed by atoms with Crippen LogP contribution < -0.4 is 0 Å². The normalized spacial score (nSPS) is 21.6. The molecule has 2 rings (SSSR count). The summed E-state index contributed by atoms with van der Waals surface area (Å²) in [4.78, 5) is 16.9. The molecule has 3 nitrogen and oxygen atoms in total. The van der Waals surface area contributed by atoms with Gasteiger partial charge in [0.15, 0.2) is 5.78 Å². The van der Waals surface area contributed by atoms with Gasteiger partial charge in [-0.25, -0.2) is 0 Å². The van der Waals surface area contributed by atoms with Crippen LogP contribution in [0.3, 0.4) is 0 Å². The Hall–Kier alpha value is -1.38. The predicted octanol–water partition coefficient (Wildman–Crippen LogP) is 0.353. The number of carbonyl (C=O) groups excluding carboxylic acids is 1. The van der Waals surface area contributed by atoms with E-state index in [1.54, 1.807) is 18.5 Å². The minimum absolute atomic E-state index is 0.164. The quantitative estimate of drug-likeness (QED) is 0.496. The molecule has 0 aliphatic carbocycles. The Bertz CT molecular complexity index is 276. The van der Waals surface area contributed by atoms with Gasteiger partial charge in [-0.3, -0.25) is 9.79 Å². The molecule has 2 aliphatic rings. The maximum atomic E-state index is 10.9. The van der Waals surface area contributed by atoms with Gasteiger partial charge in [-0.2, -0.15) is 0 Å². The number of allylic oxidation sites excluding steroid dienone is 1. The summed E-state index contributed by atoms with van der Waals surface area (Å²) in [5, 5.41) is 0. The molecule has 0 aromatic heterocycles. The highest BCUT2D eigenvalue weighted by Gasteiger charge is 2.15. The zero-order chi connectivity index (χ0) is 7.68. The second kappa shape index (κ2) is 2.34. The van der Waals surface area contributed by atoms with Crippen molar-refractivity contribution >= 4 is 12.0 Å². The summed E-state index contributed by atoms with van der Waals surface area (Å²) >= 11 is 0. The SMILES string of the molecule is O=C1C=CC2=CN=CCN2C1. The summed E-state index contributed by atoms with van der Waals surface area (Å²) in [6.45, 7) is 1.25. The lowest BCUT2D eigenvalue weighted by Gasteiger charge is -2.26. The zero-order valence-corrected chi connectivity index (χ0v) is 6.03. The second-order valence-corrected chi connectivity index (χ2v) is 2.57. The lowest BCUT2D eigenvalue weighted by Crippen LogP contribution is -2.33. The Labute approximate surface area is 64.7 Å². The van der Waals surface area contributed by atoms with Crippen LogP contribution in [0.1, 0.15) is 0 Å². The topological polar surface area (TPSA) is 32.7 Å². The molecule has 0 amide bonds. The summed E-state index contributed by atoms with van der Waals surface area (Å²) < 4.78 is 0. The molecule has 56 valence electrons. The number of aliphatic imine (C=N–C) groups is 1. The number of hydrogen-bond acceptors (Lipinski definition) is 3. The number of carbonyl (C=O) groups is 1. The Kier molecular flexibility index (Phi) is 1.35. The average Bonchev–Trinajstić information content (AvgIpc) is 2.04. The van der Waals surface area contributed by atoms with Gasteiger partial charge in [0.1, 0.15) is 0 Å². The van der Waals surface area contributed by atoms with Crippen LogP contribution in [-0.2, 0) is 4.79 Å². The van der Waals surface area contributed by atoms with Crippen LogP contribution in [0.15, 0.2) is 29.0 Å². The molecule has 0 fully saturated rings. The van der Waals surface area contributed by atoms with Crippen molar-refractivity contribution in [3.8, 4) is 0 Å². The highest BCUT2D eigenvalue weighted by molar-refractivity contribution is 5.93. The molecule has 0 bridgehead atoms. The molecule has 3 heteroatoms. The van der Waals surface area contributed by atoms with Crippen molar-refractivity contribution in [1.82, 2.24) is 4.90 Å². The van der Waals surface area contributed by atoms with Crippen molar-refractivity contribution in [2.45, 2.75) is 0 Å². The fraction of sp³-hybridized carbons (Fsp3) is 0.250. The first kappa shape index (κ1) is 6.34. The third kappa shape index (κ3) is 1.09. The van der Waals surface area contributed by atoms with E-state index in [1.165, 1.54) is 0 Å². The molecular formula is C8H8N2O. The number of fused-ring (bicyclic) bond motifs is 1. The summed E-state index contributed by atoms with van der Waals surface area (Å²) in [7, 11) is 0. The van der Waals surface area contributed by atoms with E-state index >= 15 is 0 Å². The van der Waals surface area contributed by atoms with Gasteiger partial charge in [0.2, 0.25) is 0 Å². The summed E-state index contributed by atoms with van der Waals surface area (Å²) in [6.07, 6.45) is 6.98. The molecule has 0 atom stereocenters. The zero-order valence-electron chi connectivity index (χ0n) is 6.03.